The van der Waals surface area contributed by atoms with E-state index in [1.54, 1.807) is 48.5 Å². The number of pyridine rings is 3. The molecule has 3 N–H and O–H groups in total. The number of carbonyl (C=O) groups excluding carboxylic acids is 3. The minimum atomic E-state index is -4.02. The molecule has 9 heterocycles. The molecule has 6 aliphatic heterocycles. The van der Waals surface area contributed by atoms with Crippen LogP contribution in [0.4, 0.5) is 26.3 Å². The minimum absolute atomic E-state index is 0. The number of hydrogen-bond donors (Lipinski definition) is 3. The second kappa shape index (κ2) is 39.3. The van der Waals surface area contributed by atoms with Crippen LogP contribution in [-0.4, -0.2) is 162 Å². The maximum Gasteiger partial charge on any atom is 0.586 e. The molecular weight excluding hydrogens is 1820 g/mol. The van der Waals surface area contributed by atoms with Gasteiger partial charge in [-0.1, -0.05) is 85.3 Å². The molecule has 6 fully saturated rings. The fourth-order valence-electron chi connectivity index (χ4n) is 16.0. The molecule has 0 amide bonds. The van der Waals surface area contributed by atoms with Gasteiger partial charge >= 0.3 is 26.0 Å². The first-order chi connectivity index (χ1) is 63.6. The number of halogens is 7. The average Bonchev–Trinajstić information content (AvgIpc) is 1.59. The number of ketones is 3. The van der Waals surface area contributed by atoms with E-state index in [1.807, 2.05) is 146 Å². The number of aliphatic hydroxyl groups excluding tert-OH is 2. The number of nitrogens with zero attached hydrogens (tertiary/aromatic N) is 3. The number of aryl methyl sites for hydroxylation is 4. The molecule has 10 aromatic rings. The van der Waals surface area contributed by atoms with Gasteiger partial charge in [-0.2, -0.15) is 8.42 Å². The van der Waals surface area contributed by atoms with Crippen molar-refractivity contribution in [2.24, 2.45) is 0 Å². The first-order valence-corrected chi connectivity index (χ1v) is 45.8. The highest BCUT2D eigenvalue weighted by atomic mass is 35.5. The number of benzene rings is 7. The summed E-state index contributed by atoms with van der Waals surface area (Å²) in [5, 5.41) is 18.7. The Morgan fingerprint density at radius 2 is 0.794 bits per heavy atom. The van der Waals surface area contributed by atoms with Crippen molar-refractivity contribution >= 4 is 51.6 Å². The number of alkyl halides is 6. The third-order valence-electron chi connectivity index (χ3n) is 24.8. The topological polar surface area (TPSA) is 323 Å². The summed E-state index contributed by atoms with van der Waals surface area (Å²) in [5.41, 5.74) is 9.02. The fourth-order valence-corrected chi connectivity index (χ4v) is 16.7. The van der Waals surface area contributed by atoms with Crippen molar-refractivity contribution in [1.29, 1.82) is 0 Å². The number of aliphatic hydroxyl groups is 2. The van der Waals surface area contributed by atoms with Gasteiger partial charge < -0.3 is 81.1 Å². The van der Waals surface area contributed by atoms with Crippen molar-refractivity contribution in [2.45, 2.75) is 229 Å². The van der Waals surface area contributed by atoms with Crippen LogP contribution in [0.5, 0.6) is 51.7 Å². The number of carbonyl (C=O) groups is 3. The summed E-state index contributed by atoms with van der Waals surface area (Å²) in [6.45, 7) is 24.9. The lowest BCUT2D eigenvalue weighted by molar-refractivity contribution is -0.287. The van der Waals surface area contributed by atoms with E-state index < -0.39 is 62.9 Å². The summed E-state index contributed by atoms with van der Waals surface area (Å²) in [4.78, 5) is 53.3. The van der Waals surface area contributed by atoms with E-state index in [0.717, 1.165) is 56.0 Å². The molecule has 136 heavy (non-hydrogen) atoms. The molecule has 0 bridgehead atoms. The Balaban J connectivity index is 0.000000142. The van der Waals surface area contributed by atoms with Crippen LogP contribution >= 0.6 is 11.6 Å². The molecule has 3 aliphatic carbocycles. The third kappa shape index (κ3) is 23.9. The van der Waals surface area contributed by atoms with Crippen molar-refractivity contribution in [2.75, 3.05) is 39.6 Å². The second-order valence-electron chi connectivity index (χ2n) is 36.5. The van der Waals surface area contributed by atoms with Crippen LogP contribution in [-0.2, 0) is 88.3 Å². The molecule has 3 atom stereocenters. The zero-order valence-corrected chi connectivity index (χ0v) is 77.8. The second-order valence-corrected chi connectivity index (χ2v) is 38.3. The van der Waals surface area contributed by atoms with Crippen LogP contribution in [0.15, 0.2) is 193 Å². The van der Waals surface area contributed by atoms with Gasteiger partial charge in [-0.05, 0) is 288 Å². The minimum Gasteiger partial charge on any atom is -0.491 e. The molecule has 3 saturated carbocycles. The van der Waals surface area contributed by atoms with Crippen LogP contribution in [0.2, 0.25) is 5.15 Å². The zero-order valence-electron chi connectivity index (χ0n) is 76.2. The number of fused-ring (bicyclic) bond motifs is 3. The van der Waals surface area contributed by atoms with Crippen LogP contribution in [0.3, 0.4) is 0 Å². The molecule has 0 unspecified atom stereocenters. The number of ether oxygens (including phenoxy) is 13. The van der Waals surface area contributed by atoms with Crippen LogP contribution in [0.25, 0.3) is 22.5 Å². The zero-order chi connectivity index (χ0) is 96.8. The summed E-state index contributed by atoms with van der Waals surface area (Å²) >= 11 is 6.01. The quantitative estimate of drug-likeness (QED) is 0.0196. The highest BCUT2D eigenvalue weighted by Crippen LogP contribution is 2.56. The van der Waals surface area contributed by atoms with Gasteiger partial charge in [-0.3, -0.25) is 28.9 Å². The molecular formula is C101H107BClF6N3O23S. The molecule has 0 spiro atoms. The Kier molecular flexibility index (Phi) is 29.1. The maximum atomic E-state index is 13.5. The molecule has 722 valence electrons. The Morgan fingerprint density at radius 3 is 1.12 bits per heavy atom. The highest BCUT2D eigenvalue weighted by Gasteiger charge is 2.57. The first-order valence-electron chi connectivity index (χ1n) is 44.0. The van der Waals surface area contributed by atoms with Crippen molar-refractivity contribution in [1.82, 2.24) is 15.0 Å². The molecule has 3 aromatic heterocycles. The Bertz CT molecular complexity index is 6150. The van der Waals surface area contributed by atoms with Gasteiger partial charge in [-0.25, -0.2) is 4.98 Å². The van der Waals surface area contributed by atoms with Crippen molar-refractivity contribution in [3.05, 3.63) is 249 Å². The SMILES string of the molecule is C.CC1(C)OC[C@@H](COc2ccc(B3OC(C)(C)C(C)(C)O3)cc2)O1.Cc1ccc(CC(=O)C2(c3ccc4c(c3)OC(F)(F)O4)CC2)nc1-c1ccc(OC[C@@H](O)CO)cc1.Cc1ccc(CC(=O)C2(c3ccc4c(c3)OC(F)(F)O4)CC2)nc1-c1ccc(OC[C@@H]2COC(C)(C)O2)cc1.Cc1ccc(CC(=O)C2(c3ccc4c(c3)OC(F)(F)O4)CC2)nc1Cl.Cc1ccc(S(=O)(=O)O)cc1. The molecule has 0 radical (unpaired) electrons. The predicted molar refractivity (Wildman–Crippen MR) is 489 cm³/mol. The summed E-state index contributed by atoms with van der Waals surface area (Å²) < 4.78 is 188. The molecule has 7 aromatic carbocycles. The Hall–Kier alpha value is -11.3. The van der Waals surface area contributed by atoms with Crippen LogP contribution in [0.1, 0.15) is 157 Å². The van der Waals surface area contributed by atoms with Crippen molar-refractivity contribution < 1.29 is 135 Å². The summed E-state index contributed by atoms with van der Waals surface area (Å²) in [5.74, 6) is 0.664. The molecule has 26 nitrogen and oxygen atoms in total. The number of rotatable bonds is 26. The predicted octanol–water partition coefficient (Wildman–Crippen LogP) is 18.3. The molecule has 19 rings (SSSR count). The van der Waals surface area contributed by atoms with Gasteiger partial charge in [0, 0.05) is 47.5 Å². The number of Topliss-reactive ketones (excluding diaryl/α,β-unsaturated/α-hetero) is 3. The lowest BCUT2D eigenvalue weighted by Gasteiger charge is -2.32. The van der Waals surface area contributed by atoms with E-state index in [0.29, 0.717) is 115 Å². The monoisotopic (exact) mass is 1920 g/mol. The maximum absolute atomic E-state index is 13.5. The fraction of sp³-hybridized carbons (Fsp3) is 0.406. The van der Waals surface area contributed by atoms with Gasteiger partial charge in [0.05, 0.1) is 63.6 Å². The van der Waals surface area contributed by atoms with Gasteiger partial charge in [0.15, 0.2) is 46.1 Å². The van der Waals surface area contributed by atoms with Gasteiger partial charge in [-0.15, -0.1) is 26.3 Å². The van der Waals surface area contributed by atoms with E-state index in [1.165, 1.54) is 48.5 Å². The van der Waals surface area contributed by atoms with Gasteiger partial charge in [0.1, 0.15) is 77.9 Å². The largest absolute Gasteiger partial charge is 0.586 e. The average molecular weight is 1920 g/mol. The lowest BCUT2D eigenvalue weighted by Crippen LogP contribution is -2.41. The molecule has 3 saturated heterocycles. The smallest absolute Gasteiger partial charge is 0.491 e. The Morgan fingerprint density at radius 1 is 0.456 bits per heavy atom. The highest BCUT2D eigenvalue weighted by molar-refractivity contribution is 7.85. The van der Waals surface area contributed by atoms with E-state index in [-0.39, 0.29) is 127 Å². The van der Waals surface area contributed by atoms with E-state index >= 15 is 0 Å². The third-order valence-corrected chi connectivity index (χ3v) is 26.0. The van der Waals surface area contributed by atoms with Gasteiger partial charge in [0.25, 0.3) is 10.1 Å². The van der Waals surface area contributed by atoms with Crippen LogP contribution < -0.4 is 48.1 Å². The first kappa shape index (κ1) is 101. The standard InChI is InChI=1S/C30H29F2NO6.C27H25F2NO6.C18H27BO5.C18H14ClF2NO3.C7H8O3S.CH4/c1-18-4-8-21(15-26(34)29(12-13-29)20-7-11-24-25(14-20)39-30(31,32)38-24)33-27(18)19-5-9-22(10-6-19)35-16-23-17-36-28(2,3)37-23;1-16-2-6-19(30-25(16)17-3-7-21(8-4-17)34-15-20(32)14-31)13-24(33)26(10-11-26)18-5-9-22-23(12-18)36-27(28,29)35-22;1-16(2)17(3,4)24-19(23-16)13-7-9-14(10-8-13)20-11-15-12-21-18(5,6)22-15;1-10-2-4-12(22-16(10)19)9-15(23)17(6-7-17)11-3-5-13-14(8-11)25-18(20,21)24-13;1-6-2-4-7(5-3-6)11(8,9)10;/h4-11,14,23H,12-13,15-17H2,1-3H3;2-9,12,20,31-32H,10-11,13-15H2,1H3;7-10,15H,11-12H2,1-6H3;2-5,8H,6-7,9H2,1H3;2-5H,1H3,(H,8,9,10);1H4/t23-;20-;15-;;;/m101.../s1. The van der Waals surface area contributed by atoms with Crippen LogP contribution in [0, 0.1) is 27.7 Å². The molecule has 9 aliphatic rings. The lowest BCUT2D eigenvalue weighted by atomic mass is 9.79. The normalized spacial score (nSPS) is 20.0. The number of hydrogen-bond acceptors (Lipinski definition) is 25. The summed E-state index contributed by atoms with van der Waals surface area (Å²) in [7, 11) is -4.37. The van der Waals surface area contributed by atoms with E-state index in [9.17, 15) is 54.3 Å². The molecule has 35 heteroatoms. The van der Waals surface area contributed by atoms with Crippen molar-refractivity contribution in [3.63, 3.8) is 0 Å². The van der Waals surface area contributed by atoms with Gasteiger partial charge in [0.2, 0.25) is 0 Å². The van der Waals surface area contributed by atoms with Crippen molar-refractivity contribution in [3.8, 4) is 74.3 Å². The van der Waals surface area contributed by atoms with E-state index in [2.05, 4.69) is 61.1 Å². The Labute approximate surface area is 789 Å². The summed E-state index contributed by atoms with van der Waals surface area (Å²) in [6.07, 6.45) is -7.87. The summed E-state index contributed by atoms with van der Waals surface area (Å²) in [6, 6.07) is 53.4. The number of aromatic nitrogens is 3. The van der Waals surface area contributed by atoms with E-state index in [4.69, 9.17) is 73.7 Å².